The standard InChI is InChI=1S/C23H36N2O6/c1-22(2,3)31-21(30)24-15-18(16-26)23(4,20(28)29)25-19(27)14-10-6-9-13-17-11-7-5-8-12-17/h5,7-8,11-12,18,26H,6,9-10,13-16H2,1-4H3,(H,24,30)(H,25,27)(H,28,29)/t18-,23+/m0/s1. The van der Waals surface area contributed by atoms with E-state index in [0.717, 1.165) is 19.3 Å². The van der Waals surface area contributed by atoms with Crippen molar-refractivity contribution in [1.82, 2.24) is 10.6 Å². The van der Waals surface area contributed by atoms with Crippen molar-refractivity contribution in [2.24, 2.45) is 5.92 Å². The highest BCUT2D eigenvalue weighted by molar-refractivity contribution is 5.87. The molecule has 0 bridgehead atoms. The lowest BCUT2D eigenvalue weighted by Gasteiger charge is -2.34. The Hall–Kier alpha value is -2.61. The summed E-state index contributed by atoms with van der Waals surface area (Å²) in [6.07, 6.45) is 2.81. The Labute approximate surface area is 184 Å². The Morgan fingerprint density at radius 1 is 1.03 bits per heavy atom. The fraction of sp³-hybridized carbons (Fsp3) is 0.609. The van der Waals surface area contributed by atoms with Gasteiger partial charge >= 0.3 is 12.1 Å². The number of ether oxygens (including phenoxy) is 1. The van der Waals surface area contributed by atoms with Gasteiger partial charge in [-0.25, -0.2) is 9.59 Å². The Morgan fingerprint density at radius 3 is 2.23 bits per heavy atom. The summed E-state index contributed by atoms with van der Waals surface area (Å²) in [6, 6.07) is 10.1. The van der Waals surface area contributed by atoms with Crippen molar-refractivity contribution in [3.05, 3.63) is 35.9 Å². The van der Waals surface area contributed by atoms with Crippen LogP contribution in [0.3, 0.4) is 0 Å². The predicted octanol–water partition coefficient (Wildman–Crippen LogP) is 2.88. The van der Waals surface area contributed by atoms with E-state index in [1.807, 2.05) is 18.2 Å². The number of nitrogens with one attached hydrogen (secondary N) is 2. The van der Waals surface area contributed by atoms with Gasteiger partial charge in [0.1, 0.15) is 11.1 Å². The minimum atomic E-state index is -1.73. The third-order valence-corrected chi connectivity index (χ3v) is 4.98. The molecule has 174 valence electrons. The maximum absolute atomic E-state index is 12.4. The van der Waals surface area contributed by atoms with Crippen molar-refractivity contribution in [2.75, 3.05) is 13.2 Å². The first-order chi connectivity index (χ1) is 14.5. The summed E-state index contributed by atoms with van der Waals surface area (Å²) in [4.78, 5) is 36.1. The summed E-state index contributed by atoms with van der Waals surface area (Å²) in [7, 11) is 0. The zero-order valence-electron chi connectivity index (χ0n) is 18.9. The van der Waals surface area contributed by atoms with E-state index in [9.17, 15) is 24.6 Å². The smallest absolute Gasteiger partial charge is 0.407 e. The van der Waals surface area contributed by atoms with Crippen LogP contribution in [0.15, 0.2) is 30.3 Å². The SMILES string of the molecule is CC(C)(C)OC(=O)NC[C@@H](CO)[C@@](C)(NC(=O)CCCCCc1ccccc1)C(=O)O. The van der Waals surface area contributed by atoms with Gasteiger partial charge < -0.3 is 25.6 Å². The lowest BCUT2D eigenvalue weighted by atomic mass is 9.85. The number of aliphatic hydroxyl groups excluding tert-OH is 1. The molecule has 0 unspecified atom stereocenters. The molecule has 0 radical (unpaired) electrons. The van der Waals surface area contributed by atoms with E-state index in [0.29, 0.717) is 6.42 Å². The molecule has 0 aliphatic heterocycles. The number of alkyl carbamates (subject to hydrolysis) is 1. The molecule has 0 aliphatic rings. The second kappa shape index (κ2) is 12.3. The van der Waals surface area contributed by atoms with Crippen LogP contribution in [-0.4, -0.2) is 52.5 Å². The molecular weight excluding hydrogens is 400 g/mol. The largest absolute Gasteiger partial charge is 0.480 e. The normalized spacial score (nSPS) is 14.2. The molecule has 1 rings (SSSR count). The van der Waals surface area contributed by atoms with Crippen LogP contribution >= 0.6 is 0 Å². The number of hydrogen-bond acceptors (Lipinski definition) is 5. The number of amides is 2. The molecule has 31 heavy (non-hydrogen) atoms. The minimum absolute atomic E-state index is 0.161. The van der Waals surface area contributed by atoms with Gasteiger partial charge in [0.05, 0.1) is 6.61 Å². The minimum Gasteiger partial charge on any atom is -0.480 e. The molecule has 0 aromatic heterocycles. The first kappa shape index (κ1) is 26.4. The van der Waals surface area contributed by atoms with Crippen LogP contribution in [0.1, 0.15) is 58.9 Å². The zero-order valence-corrected chi connectivity index (χ0v) is 18.9. The van der Waals surface area contributed by atoms with Crippen LogP contribution < -0.4 is 10.6 Å². The van der Waals surface area contributed by atoms with Gasteiger partial charge in [-0.05, 0) is 52.5 Å². The highest BCUT2D eigenvalue weighted by atomic mass is 16.6. The van der Waals surface area contributed by atoms with Gasteiger partial charge in [-0.2, -0.15) is 0 Å². The Bertz CT molecular complexity index is 717. The van der Waals surface area contributed by atoms with Crippen LogP contribution in [-0.2, 0) is 20.7 Å². The number of aliphatic hydroxyl groups is 1. The number of aliphatic carboxylic acids is 1. The molecule has 2 atom stereocenters. The molecule has 0 aliphatic carbocycles. The number of rotatable bonds is 12. The first-order valence-electron chi connectivity index (χ1n) is 10.6. The lowest BCUT2D eigenvalue weighted by Crippen LogP contribution is -2.60. The molecule has 4 N–H and O–H groups in total. The third-order valence-electron chi connectivity index (χ3n) is 4.98. The van der Waals surface area contributed by atoms with Crippen LogP contribution in [0.25, 0.3) is 0 Å². The molecule has 1 aromatic carbocycles. The summed E-state index contributed by atoms with van der Waals surface area (Å²) >= 11 is 0. The maximum atomic E-state index is 12.4. The van der Waals surface area contributed by atoms with Gasteiger partial charge in [0.15, 0.2) is 0 Å². The van der Waals surface area contributed by atoms with Crippen molar-refractivity contribution in [1.29, 1.82) is 0 Å². The molecule has 2 amide bonds. The quantitative estimate of drug-likeness (QED) is 0.373. The lowest BCUT2D eigenvalue weighted by molar-refractivity contribution is -0.150. The molecule has 0 fully saturated rings. The Balaban J connectivity index is 2.53. The van der Waals surface area contributed by atoms with E-state index >= 15 is 0 Å². The van der Waals surface area contributed by atoms with Gasteiger partial charge in [0.25, 0.3) is 0 Å². The fourth-order valence-corrected chi connectivity index (χ4v) is 3.09. The van der Waals surface area contributed by atoms with E-state index in [1.165, 1.54) is 12.5 Å². The van der Waals surface area contributed by atoms with E-state index < -0.39 is 41.6 Å². The number of carboxylic acid groups (broad SMARTS) is 1. The summed E-state index contributed by atoms with van der Waals surface area (Å²) in [6.45, 7) is 5.76. The average Bonchev–Trinajstić information content (AvgIpc) is 2.67. The monoisotopic (exact) mass is 436 g/mol. The second-order valence-electron chi connectivity index (χ2n) is 8.86. The van der Waals surface area contributed by atoms with Crippen LogP contribution in [0.4, 0.5) is 4.79 Å². The zero-order chi connectivity index (χ0) is 23.5. The number of carbonyl (C=O) groups excluding carboxylic acids is 2. The number of aryl methyl sites for hydroxylation is 1. The van der Waals surface area contributed by atoms with Gasteiger partial charge in [0.2, 0.25) is 5.91 Å². The Kier molecular flexibility index (Phi) is 10.5. The fourth-order valence-electron chi connectivity index (χ4n) is 3.09. The van der Waals surface area contributed by atoms with Crippen LogP contribution in [0, 0.1) is 5.92 Å². The molecule has 8 nitrogen and oxygen atoms in total. The van der Waals surface area contributed by atoms with Gasteiger partial charge in [-0.15, -0.1) is 0 Å². The van der Waals surface area contributed by atoms with E-state index in [4.69, 9.17) is 4.74 Å². The third kappa shape index (κ3) is 9.83. The average molecular weight is 437 g/mol. The molecule has 1 aromatic rings. The van der Waals surface area contributed by atoms with E-state index in [1.54, 1.807) is 20.8 Å². The van der Waals surface area contributed by atoms with Crippen molar-refractivity contribution in [3.8, 4) is 0 Å². The highest BCUT2D eigenvalue weighted by Crippen LogP contribution is 2.19. The van der Waals surface area contributed by atoms with E-state index in [2.05, 4.69) is 22.8 Å². The second-order valence-corrected chi connectivity index (χ2v) is 8.86. The summed E-state index contributed by atoms with van der Waals surface area (Å²) in [5.41, 5.74) is -1.19. The van der Waals surface area contributed by atoms with Crippen LogP contribution in [0.5, 0.6) is 0 Å². The molecule has 0 heterocycles. The van der Waals surface area contributed by atoms with Gasteiger partial charge in [-0.3, -0.25) is 4.79 Å². The van der Waals surface area contributed by atoms with Crippen molar-refractivity contribution >= 4 is 18.0 Å². The molecular formula is C23H36N2O6. The molecule has 8 heteroatoms. The highest BCUT2D eigenvalue weighted by Gasteiger charge is 2.42. The number of unbranched alkanes of at least 4 members (excludes halogenated alkanes) is 2. The topological polar surface area (TPSA) is 125 Å². The number of carboxylic acids is 1. The number of carbonyl (C=O) groups is 3. The van der Waals surface area contributed by atoms with Crippen molar-refractivity contribution in [3.63, 3.8) is 0 Å². The summed E-state index contributed by atoms with van der Waals surface area (Å²) in [5, 5.41) is 24.4. The summed E-state index contributed by atoms with van der Waals surface area (Å²) in [5.74, 6) is -2.62. The summed E-state index contributed by atoms with van der Waals surface area (Å²) < 4.78 is 5.13. The van der Waals surface area contributed by atoms with Crippen molar-refractivity contribution < 1.29 is 29.3 Å². The Morgan fingerprint density at radius 2 is 1.68 bits per heavy atom. The van der Waals surface area contributed by atoms with Gasteiger partial charge in [0, 0.05) is 18.9 Å². The molecule has 0 saturated heterocycles. The van der Waals surface area contributed by atoms with E-state index in [-0.39, 0.29) is 13.0 Å². The maximum Gasteiger partial charge on any atom is 0.407 e. The predicted molar refractivity (Wildman–Crippen MR) is 118 cm³/mol. The van der Waals surface area contributed by atoms with Gasteiger partial charge in [-0.1, -0.05) is 36.8 Å². The number of benzene rings is 1. The van der Waals surface area contributed by atoms with Crippen molar-refractivity contribution in [2.45, 2.75) is 70.9 Å². The first-order valence-corrected chi connectivity index (χ1v) is 10.6. The molecule has 0 spiro atoms. The number of hydrogen-bond donors (Lipinski definition) is 4. The van der Waals surface area contributed by atoms with Crippen LogP contribution in [0.2, 0.25) is 0 Å². The molecule has 0 saturated carbocycles.